The lowest BCUT2D eigenvalue weighted by Gasteiger charge is -2.12. The summed E-state index contributed by atoms with van der Waals surface area (Å²) < 4.78 is 32.4. The van der Waals surface area contributed by atoms with Crippen molar-refractivity contribution in [3.05, 3.63) is 59.2 Å². The van der Waals surface area contributed by atoms with Gasteiger partial charge in [-0.05, 0) is 49.7 Å². The van der Waals surface area contributed by atoms with Crippen molar-refractivity contribution < 1.29 is 27.9 Å². The van der Waals surface area contributed by atoms with Crippen LogP contribution in [0, 0.1) is 6.92 Å². The summed E-state index contributed by atoms with van der Waals surface area (Å²) in [6, 6.07) is 9.71. The fourth-order valence-corrected chi connectivity index (χ4v) is 3.48. The Balaban J connectivity index is 2.37. The summed E-state index contributed by atoms with van der Waals surface area (Å²) >= 11 is 0. The van der Waals surface area contributed by atoms with Crippen molar-refractivity contribution in [3.8, 4) is 0 Å². The second kappa shape index (κ2) is 7.35. The van der Waals surface area contributed by atoms with E-state index in [1.807, 2.05) is 0 Å². The van der Waals surface area contributed by atoms with Gasteiger partial charge < -0.3 is 9.84 Å². The van der Waals surface area contributed by atoms with Crippen molar-refractivity contribution >= 4 is 27.6 Å². The molecule has 0 atom stereocenters. The van der Waals surface area contributed by atoms with E-state index in [1.165, 1.54) is 36.4 Å². The minimum Gasteiger partial charge on any atom is -0.478 e. The zero-order valence-corrected chi connectivity index (χ0v) is 14.5. The van der Waals surface area contributed by atoms with Crippen LogP contribution in [0.1, 0.15) is 33.2 Å². The molecule has 2 rings (SSSR count). The van der Waals surface area contributed by atoms with Crippen LogP contribution in [-0.2, 0) is 14.8 Å². The van der Waals surface area contributed by atoms with Crippen LogP contribution in [0.2, 0.25) is 0 Å². The molecule has 0 aliphatic carbocycles. The maximum Gasteiger partial charge on any atom is 0.338 e. The Hall–Kier alpha value is -2.87. The number of aryl methyl sites for hydroxylation is 1. The molecule has 0 aromatic heterocycles. The number of carboxylic acids is 1. The zero-order valence-electron chi connectivity index (χ0n) is 13.6. The van der Waals surface area contributed by atoms with Crippen LogP contribution < -0.4 is 4.72 Å². The van der Waals surface area contributed by atoms with Crippen LogP contribution in [0.15, 0.2) is 47.4 Å². The highest BCUT2D eigenvalue weighted by atomic mass is 32.2. The summed E-state index contributed by atoms with van der Waals surface area (Å²) in [5, 5.41) is 9.04. The normalized spacial score (nSPS) is 11.0. The molecular formula is C17H17NO6S. The van der Waals surface area contributed by atoms with Crippen LogP contribution in [0.4, 0.5) is 5.69 Å². The lowest BCUT2D eigenvalue weighted by atomic mass is 10.1. The number of nitrogens with one attached hydrogen (secondary N) is 1. The van der Waals surface area contributed by atoms with E-state index < -0.39 is 22.0 Å². The molecule has 0 unspecified atom stereocenters. The number of ether oxygens (including phenoxy) is 1. The number of benzene rings is 2. The molecule has 0 bridgehead atoms. The molecular weight excluding hydrogens is 346 g/mol. The maximum atomic E-state index is 12.6. The van der Waals surface area contributed by atoms with Crippen molar-refractivity contribution in [2.75, 3.05) is 11.3 Å². The highest BCUT2D eigenvalue weighted by molar-refractivity contribution is 7.92. The Morgan fingerprint density at radius 2 is 1.84 bits per heavy atom. The number of sulfonamides is 1. The first kappa shape index (κ1) is 18.5. The molecule has 8 heteroatoms. The number of anilines is 1. The highest BCUT2D eigenvalue weighted by Gasteiger charge is 2.20. The average molecular weight is 363 g/mol. The second-order valence-corrected chi connectivity index (χ2v) is 6.84. The van der Waals surface area contributed by atoms with Gasteiger partial charge in [0.05, 0.1) is 22.6 Å². The quantitative estimate of drug-likeness (QED) is 0.764. The largest absolute Gasteiger partial charge is 0.478 e. The number of hydrogen-bond donors (Lipinski definition) is 2. The van der Waals surface area contributed by atoms with Crippen molar-refractivity contribution in [2.45, 2.75) is 18.7 Å². The van der Waals surface area contributed by atoms with E-state index in [9.17, 15) is 18.0 Å². The molecule has 0 fully saturated rings. The number of esters is 1. The molecule has 0 amide bonds. The molecule has 25 heavy (non-hydrogen) atoms. The van der Waals surface area contributed by atoms with E-state index in [-0.39, 0.29) is 28.3 Å². The van der Waals surface area contributed by atoms with E-state index in [4.69, 9.17) is 9.84 Å². The molecule has 2 aromatic rings. The minimum absolute atomic E-state index is 0.133. The Morgan fingerprint density at radius 3 is 2.48 bits per heavy atom. The second-order valence-electron chi connectivity index (χ2n) is 5.19. The molecule has 7 nitrogen and oxygen atoms in total. The smallest absolute Gasteiger partial charge is 0.338 e. The first-order chi connectivity index (χ1) is 11.7. The standard InChI is InChI=1S/C17H17NO6S/c1-3-24-17(21)13-5-4-6-14(9-13)18-25(22,23)15-10-12(16(19)20)8-7-11(15)2/h4-10,18H,3H2,1-2H3,(H,19,20). The molecule has 0 saturated heterocycles. The predicted molar refractivity (Wildman–Crippen MR) is 91.3 cm³/mol. The Labute approximate surface area is 145 Å². The lowest BCUT2D eigenvalue weighted by Crippen LogP contribution is -2.15. The van der Waals surface area contributed by atoms with Gasteiger partial charge in [0.2, 0.25) is 0 Å². The SMILES string of the molecule is CCOC(=O)c1cccc(NS(=O)(=O)c2cc(C(=O)O)ccc2C)c1. The van der Waals surface area contributed by atoms with E-state index in [1.54, 1.807) is 13.8 Å². The monoisotopic (exact) mass is 363 g/mol. The van der Waals surface area contributed by atoms with Crippen LogP contribution in [0.3, 0.4) is 0 Å². The van der Waals surface area contributed by atoms with Crippen molar-refractivity contribution in [1.82, 2.24) is 0 Å². The number of carboxylic acid groups (broad SMARTS) is 1. The van der Waals surface area contributed by atoms with Gasteiger partial charge in [0, 0.05) is 5.69 Å². The van der Waals surface area contributed by atoms with Crippen LogP contribution in [0.25, 0.3) is 0 Å². The number of carbonyl (C=O) groups excluding carboxylic acids is 1. The molecule has 0 aliphatic rings. The van der Waals surface area contributed by atoms with Gasteiger partial charge in [0.15, 0.2) is 0 Å². The lowest BCUT2D eigenvalue weighted by molar-refractivity contribution is 0.0526. The first-order valence-corrected chi connectivity index (χ1v) is 8.87. The zero-order chi connectivity index (χ0) is 18.6. The Kier molecular flexibility index (Phi) is 5.43. The first-order valence-electron chi connectivity index (χ1n) is 7.38. The topological polar surface area (TPSA) is 110 Å². The van der Waals surface area contributed by atoms with Crippen molar-refractivity contribution in [2.24, 2.45) is 0 Å². The Bertz CT molecular complexity index is 920. The van der Waals surface area contributed by atoms with Gasteiger partial charge in [-0.25, -0.2) is 18.0 Å². The molecule has 0 heterocycles. The highest BCUT2D eigenvalue weighted by Crippen LogP contribution is 2.21. The summed E-state index contributed by atoms with van der Waals surface area (Å²) in [5.41, 5.74) is 0.647. The van der Waals surface area contributed by atoms with Crippen LogP contribution in [0.5, 0.6) is 0 Å². The number of rotatable bonds is 6. The third kappa shape index (κ3) is 4.36. The summed E-state index contributed by atoms with van der Waals surface area (Å²) in [5.74, 6) is -1.78. The summed E-state index contributed by atoms with van der Waals surface area (Å²) in [6.07, 6.45) is 0. The minimum atomic E-state index is -4.02. The van der Waals surface area contributed by atoms with Crippen LogP contribution >= 0.6 is 0 Å². The molecule has 0 spiro atoms. The predicted octanol–water partition coefficient (Wildman–Crippen LogP) is 2.67. The number of aromatic carboxylic acids is 1. The third-order valence-corrected chi connectivity index (χ3v) is 4.87. The number of hydrogen-bond acceptors (Lipinski definition) is 5. The van der Waals surface area contributed by atoms with Gasteiger partial charge in [-0.3, -0.25) is 4.72 Å². The van der Waals surface area contributed by atoms with Gasteiger partial charge in [-0.15, -0.1) is 0 Å². The van der Waals surface area contributed by atoms with Crippen molar-refractivity contribution in [1.29, 1.82) is 0 Å². The maximum absolute atomic E-state index is 12.6. The molecule has 2 N–H and O–H groups in total. The molecule has 132 valence electrons. The number of carbonyl (C=O) groups is 2. The van der Waals surface area contributed by atoms with Crippen molar-refractivity contribution in [3.63, 3.8) is 0 Å². The van der Waals surface area contributed by atoms with Gasteiger partial charge >= 0.3 is 11.9 Å². The van der Waals surface area contributed by atoms with Gasteiger partial charge in [0.1, 0.15) is 0 Å². The molecule has 2 aromatic carbocycles. The summed E-state index contributed by atoms with van der Waals surface area (Å²) in [7, 11) is -4.02. The molecule has 0 saturated carbocycles. The van der Waals surface area contributed by atoms with Gasteiger partial charge in [0.25, 0.3) is 10.0 Å². The summed E-state index contributed by atoms with van der Waals surface area (Å²) in [6.45, 7) is 3.44. The van der Waals surface area contributed by atoms with Crippen LogP contribution in [-0.4, -0.2) is 32.1 Å². The third-order valence-electron chi connectivity index (χ3n) is 3.35. The fraction of sp³-hybridized carbons (Fsp3) is 0.176. The van der Waals surface area contributed by atoms with Gasteiger partial charge in [-0.2, -0.15) is 0 Å². The van der Waals surface area contributed by atoms with E-state index in [0.29, 0.717) is 5.56 Å². The van der Waals surface area contributed by atoms with E-state index >= 15 is 0 Å². The average Bonchev–Trinajstić information content (AvgIpc) is 2.55. The summed E-state index contributed by atoms with van der Waals surface area (Å²) in [4.78, 5) is 22.7. The van der Waals surface area contributed by atoms with Gasteiger partial charge in [-0.1, -0.05) is 12.1 Å². The molecule has 0 radical (unpaired) electrons. The van der Waals surface area contributed by atoms with E-state index in [2.05, 4.69) is 4.72 Å². The molecule has 0 aliphatic heterocycles. The van der Waals surface area contributed by atoms with E-state index in [0.717, 1.165) is 6.07 Å². The Morgan fingerprint density at radius 1 is 1.12 bits per heavy atom. The fourth-order valence-electron chi connectivity index (χ4n) is 2.16.